The predicted octanol–water partition coefficient (Wildman–Crippen LogP) is 2.07. The van der Waals surface area contributed by atoms with Crippen LogP contribution in [0.3, 0.4) is 0 Å². The topological polar surface area (TPSA) is 49.5 Å². The first-order valence-electron chi connectivity index (χ1n) is 5.76. The molecule has 17 heavy (non-hydrogen) atoms. The number of aliphatic hydroxyl groups excluding tert-OH is 1. The van der Waals surface area contributed by atoms with Crippen molar-refractivity contribution in [2.75, 3.05) is 20.6 Å². The summed E-state index contributed by atoms with van der Waals surface area (Å²) in [5.41, 5.74) is 8.03. The van der Waals surface area contributed by atoms with Gasteiger partial charge in [0.1, 0.15) is 0 Å². The second-order valence-electron chi connectivity index (χ2n) is 4.73. The minimum Gasteiger partial charge on any atom is -0.387 e. The highest BCUT2D eigenvalue weighted by molar-refractivity contribution is 9.10. The molecule has 4 heteroatoms. The van der Waals surface area contributed by atoms with Gasteiger partial charge in [-0.05, 0) is 51.2 Å². The molecule has 0 aliphatic rings. The molecular formula is C13H21BrN2O. The SMILES string of the molecule is Cc1ccc(C(O)C(N)CCN(C)C)c(Br)c1. The Kier molecular flexibility index (Phi) is 5.59. The Morgan fingerprint density at radius 1 is 1.41 bits per heavy atom. The molecule has 0 aliphatic carbocycles. The van der Waals surface area contributed by atoms with E-state index in [1.54, 1.807) is 0 Å². The first-order valence-corrected chi connectivity index (χ1v) is 6.55. The summed E-state index contributed by atoms with van der Waals surface area (Å²) in [6.07, 6.45) is 0.152. The summed E-state index contributed by atoms with van der Waals surface area (Å²) in [5, 5.41) is 10.2. The molecule has 0 fully saturated rings. The van der Waals surface area contributed by atoms with Gasteiger partial charge in [0, 0.05) is 10.5 Å². The van der Waals surface area contributed by atoms with Gasteiger partial charge in [-0.3, -0.25) is 0 Å². The standard InChI is InChI=1S/C13H21BrN2O/c1-9-4-5-10(11(14)8-9)13(17)12(15)6-7-16(2)3/h4-5,8,12-13,17H,6-7,15H2,1-3H3. The van der Waals surface area contributed by atoms with Crippen LogP contribution in [0, 0.1) is 6.92 Å². The minimum atomic E-state index is -0.620. The van der Waals surface area contributed by atoms with E-state index in [-0.39, 0.29) is 6.04 Å². The molecular weight excluding hydrogens is 280 g/mol. The highest BCUT2D eigenvalue weighted by Crippen LogP contribution is 2.27. The van der Waals surface area contributed by atoms with E-state index in [4.69, 9.17) is 5.73 Å². The molecule has 96 valence electrons. The van der Waals surface area contributed by atoms with Gasteiger partial charge in [0.05, 0.1) is 6.10 Å². The molecule has 0 spiro atoms. The number of rotatable bonds is 5. The van der Waals surface area contributed by atoms with Crippen molar-refractivity contribution in [3.8, 4) is 0 Å². The molecule has 3 N–H and O–H groups in total. The first-order chi connectivity index (χ1) is 7.91. The van der Waals surface area contributed by atoms with Crippen molar-refractivity contribution >= 4 is 15.9 Å². The second-order valence-corrected chi connectivity index (χ2v) is 5.58. The summed E-state index contributed by atoms with van der Waals surface area (Å²) >= 11 is 3.47. The number of nitrogens with zero attached hydrogens (tertiary/aromatic N) is 1. The molecule has 0 heterocycles. The molecule has 2 atom stereocenters. The third kappa shape index (κ3) is 4.39. The van der Waals surface area contributed by atoms with E-state index in [9.17, 15) is 5.11 Å². The van der Waals surface area contributed by atoms with Crippen LogP contribution in [-0.4, -0.2) is 36.7 Å². The van der Waals surface area contributed by atoms with Crippen molar-refractivity contribution in [1.82, 2.24) is 4.90 Å². The normalized spacial score (nSPS) is 15.0. The van der Waals surface area contributed by atoms with E-state index in [2.05, 4.69) is 20.8 Å². The average Bonchev–Trinajstić information content (AvgIpc) is 2.25. The Hall–Kier alpha value is -0.420. The molecule has 0 aromatic heterocycles. The Labute approximate surface area is 112 Å². The van der Waals surface area contributed by atoms with Crippen LogP contribution in [0.2, 0.25) is 0 Å². The maximum Gasteiger partial charge on any atom is 0.0952 e. The van der Waals surface area contributed by atoms with Gasteiger partial charge in [-0.25, -0.2) is 0 Å². The lowest BCUT2D eigenvalue weighted by Gasteiger charge is -2.22. The molecule has 0 saturated carbocycles. The Bertz CT molecular complexity index is 368. The Morgan fingerprint density at radius 3 is 2.59 bits per heavy atom. The Balaban J connectivity index is 2.71. The highest BCUT2D eigenvalue weighted by Gasteiger charge is 2.19. The van der Waals surface area contributed by atoms with Crippen LogP contribution in [-0.2, 0) is 0 Å². The number of nitrogens with two attached hydrogens (primary N) is 1. The van der Waals surface area contributed by atoms with E-state index in [1.165, 1.54) is 0 Å². The van der Waals surface area contributed by atoms with Crippen molar-refractivity contribution in [2.45, 2.75) is 25.5 Å². The molecule has 2 unspecified atom stereocenters. The van der Waals surface area contributed by atoms with Crippen LogP contribution >= 0.6 is 15.9 Å². The zero-order chi connectivity index (χ0) is 13.0. The number of hydrogen-bond acceptors (Lipinski definition) is 3. The quantitative estimate of drug-likeness (QED) is 0.875. The van der Waals surface area contributed by atoms with Crippen LogP contribution in [0.1, 0.15) is 23.7 Å². The van der Waals surface area contributed by atoms with Crippen LogP contribution in [0.5, 0.6) is 0 Å². The van der Waals surface area contributed by atoms with Crippen molar-refractivity contribution in [3.63, 3.8) is 0 Å². The number of benzene rings is 1. The number of aliphatic hydroxyl groups is 1. The monoisotopic (exact) mass is 300 g/mol. The number of hydrogen-bond donors (Lipinski definition) is 2. The lowest BCUT2D eigenvalue weighted by molar-refractivity contribution is 0.137. The van der Waals surface area contributed by atoms with Gasteiger partial charge in [-0.15, -0.1) is 0 Å². The third-order valence-corrected chi connectivity index (χ3v) is 3.48. The van der Waals surface area contributed by atoms with Crippen molar-refractivity contribution in [3.05, 3.63) is 33.8 Å². The Morgan fingerprint density at radius 2 is 2.06 bits per heavy atom. The first kappa shape index (κ1) is 14.6. The lowest BCUT2D eigenvalue weighted by Crippen LogP contribution is -2.32. The van der Waals surface area contributed by atoms with E-state index >= 15 is 0 Å². The summed E-state index contributed by atoms with van der Waals surface area (Å²) in [6, 6.07) is 5.68. The van der Waals surface area contributed by atoms with Crippen LogP contribution in [0.25, 0.3) is 0 Å². The van der Waals surface area contributed by atoms with Gasteiger partial charge in [0.25, 0.3) is 0 Å². The van der Waals surface area contributed by atoms with Crippen molar-refractivity contribution < 1.29 is 5.11 Å². The molecule has 0 aliphatic heterocycles. The van der Waals surface area contributed by atoms with E-state index < -0.39 is 6.10 Å². The van der Waals surface area contributed by atoms with E-state index in [0.717, 1.165) is 28.6 Å². The van der Waals surface area contributed by atoms with E-state index in [0.29, 0.717) is 0 Å². The van der Waals surface area contributed by atoms with Crippen molar-refractivity contribution in [2.24, 2.45) is 5.73 Å². The zero-order valence-corrected chi connectivity index (χ0v) is 12.2. The van der Waals surface area contributed by atoms with Gasteiger partial charge < -0.3 is 15.7 Å². The molecule has 1 aromatic rings. The fraction of sp³-hybridized carbons (Fsp3) is 0.538. The largest absolute Gasteiger partial charge is 0.387 e. The lowest BCUT2D eigenvalue weighted by atomic mass is 9.99. The van der Waals surface area contributed by atoms with E-state index in [1.807, 2.05) is 39.2 Å². The van der Waals surface area contributed by atoms with Crippen LogP contribution < -0.4 is 5.73 Å². The van der Waals surface area contributed by atoms with Gasteiger partial charge in [0.15, 0.2) is 0 Å². The average molecular weight is 301 g/mol. The molecule has 0 saturated heterocycles. The summed E-state index contributed by atoms with van der Waals surface area (Å²) in [4.78, 5) is 2.07. The number of aryl methyl sites for hydroxylation is 1. The maximum atomic E-state index is 10.2. The summed E-state index contributed by atoms with van der Waals surface area (Å²) in [6.45, 7) is 2.90. The van der Waals surface area contributed by atoms with Crippen LogP contribution in [0.15, 0.2) is 22.7 Å². The smallest absolute Gasteiger partial charge is 0.0952 e. The van der Waals surface area contributed by atoms with Crippen molar-refractivity contribution in [1.29, 1.82) is 0 Å². The molecule has 0 radical (unpaired) electrons. The second kappa shape index (κ2) is 6.50. The minimum absolute atomic E-state index is 0.239. The van der Waals surface area contributed by atoms with Gasteiger partial charge in [-0.2, -0.15) is 0 Å². The summed E-state index contributed by atoms with van der Waals surface area (Å²) in [7, 11) is 4.00. The van der Waals surface area contributed by atoms with Gasteiger partial charge in [0.2, 0.25) is 0 Å². The number of halogens is 1. The molecule has 1 rings (SSSR count). The highest BCUT2D eigenvalue weighted by atomic mass is 79.9. The van der Waals surface area contributed by atoms with Gasteiger partial charge >= 0.3 is 0 Å². The van der Waals surface area contributed by atoms with Crippen LogP contribution in [0.4, 0.5) is 0 Å². The fourth-order valence-electron chi connectivity index (χ4n) is 1.67. The van der Waals surface area contributed by atoms with Gasteiger partial charge in [-0.1, -0.05) is 28.1 Å². The molecule has 1 aromatic carbocycles. The summed E-state index contributed by atoms with van der Waals surface area (Å²) < 4.78 is 0.922. The zero-order valence-electron chi connectivity index (χ0n) is 10.7. The summed E-state index contributed by atoms with van der Waals surface area (Å²) in [5.74, 6) is 0. The predicted molar refractivity (Wildman–Crippen MR) is 75.0 cm³/mol. The maximum absolute atomic E-state index is 10.2. The third-order valence-electron chi connectivity index (χ3n) is 2.79. The molecule has 0 bridgehead atoms. The fourth-order valence-corrected chi connectivity index (χ4v) is 2.40. The molecule has 3 nitrogen and oxygen atoms in total. The molecule has 0 amide bonds.